The average Bonchev–Trinajstić information content (AvgIpc) is 2.65. The van der Waals surface area contributed by atoms with E-state index in [0.29, 0.717) is 23.3 Å². The van der Waals surface area contributed by atoms with Crippen molar-refractivity contribution in [3.63, 3.8) is 0 Å². The fourth-order valence-corrected chi connectivity index (χ4v) is 4.97. The predicted octanol–water partition coefficient (Wildman–Crippen LogP) is 5.14. The summed E-state index contributed by atoms with van der Waals surface area (Å²) < 4.78 is 0. The van der Waals surface area contributed by atoms with Gasteiger partial charge < -0.3 is 0 Å². The zero-order valence-corrected chi connectivity index (χ0v) is 17.5. The van der Waals surface area contributed by atoms with Gasteiger partial charge in [0.25, 0.3) is 0 Å². The molecule has 1 aromatic carbocycles. The Hall–Kier alpha value is -1.65. The third-order valence-electron chi connectivity index (χ3n) is 5.55. The third kappa shape index (κ3) is 4.74. The number of carbonyl (C=O) groups excluding carboxylic acids is 1. The first kappa shape index (κ1) is 20.7. The summed E-state index contributed by atoms with van der Waals surface area (Å²) in [6.45, 7) is 16.6. The van der Waals surface area contributed by atoms with Crippen LogP contribution in [0.25, 0.3) is 0 Å². The summed E-state index contributed by atoms with van der Waals surface area (Å²) in [6.07, 6.45) is 4.05. The van der Waals surface area contributed by atoms with E-state index in [1.54, 1.807) is 12.1 Å². The fourth-order valence-electron chi connectivity index (χ4n) is 3.45. The quantitative estimate of drug-likeness (QED) is 0.378. The summed E-state index contributed by atoms with van der Waals surface area (Å²) in [5, 5.41) is 1.16. The molecule has 3 nitrogen and oxygen atoms in total. The first-order valence-electron chi connectivity index (χ1n) is 9.43. The van der Waals surface area contributed by atoms with E-state index in [1.807, 2.05) is 23.5 Å². The lowest BCUT2D eigenvalue weighted by molar-refractivity contribution is -0.251. The van der Waals surface area contributed by atoms with Crippen molar-refractivity contribution in [2.75, 3.05) is 0 Å². The first-order valence-corrected chi connectivity index (χ1v) is 12.1. The van der Waals surface area contributed by atoms with Crippen molar-refractivity contribution >= 4 is 19.2 Å². The molecular formula is C22H31O3Si. The number of hydrogen-bond acceptors (Lipinski definition) is 3. The van der Waals surface area contributed by atoms with Gasteiger partial charge in [-0.25, -0.2) is 4.79 Å². The van der Waals surface area contributed by atoms with Crippen molar-refractivity contribution in [1.82, 2.24) is 0 Å². The lowest BCUT2D eigenvalue weighted by Gasteiger charge is -2.34. The Labute approximate surface area is 159 Å². The number of carbonyl (C=O) groups is 1. The van der Waals surface area contributed by atoms with Crippen LogP contribution in [0.3, 0.4) is 0 Å². The van der Waals surface area contributed by atoms with Gasteiger partial charge in [0.1, 0.15) is 8.07 Å². The highest BCUT2D eigenvalue weighted by Crippen LogP contribution is 2.40. The normalized spacial score (nSPS) is 21.4. The fraction of sp³-hybridized carbons (Fsp3) is 0.455. The van der Waals surface area contributed by atoms with E-state index in [-0.39, 0.29) is 0 Å². The molecule has 0 aliphatic heterocycles. The summed E-state index contributed by atoms with van der Waals surface area (Å²) in [7, 11) is -1.87. The molecule has 1 aliphatic rings. The average molecular weight is 372 g/mol. The Kier molecular flexibility index (Phi) is 7.01. The van der Waals surface area contributed by atoms with E-state index >= 15 is 0 Å². The first-order chi connectivity index (χ1) is 12.3. The summed E-state index contributed by atoms with van der Waals surface area (Å²) >= 11 is 0. The Morgan fingerprint density at radius 1 is 1.19 bits per heavy atom. The molecule has 1 aromatic rings. The molecule has 0 bridgehead atoms. The second-order valence-corrected chi connectivity index (χ2v) is 11.9. The van der Waals surface area contributed by atoms with Gasteiger partial charge in [0.2, 0.25) is 0 Å². The zero-order chi connectivity index (χ0) is 19.3. The smallest absolute Gasteiger partial charge is 0.292 e. The maximum absolute atomic E-state index is 12.4. The van der Waals surface area contributed by atoms with Gasteiger partial charge in [-0.3, -0.25) is 4.89 Å². The van der Waals surface area contributed by atoms with Crippen molar-refractivity contribution in [3.8, 4) is 0 Å². The topological polar surface area (TPSA) is 35.5 Å². The maximum atomic E-state index is 12.4. The number of hydrogen-bond donors (Lipinski definition) is 0. The highest BCUT2D eigenvalue weighted by Gasteiger charge is 2.34. The van der Waals surface area contributed by atoms with Crippen molar-refractivity contribution in [1.29, 1.82) is 0 Å². The molecule has 0 spiro atoms. The Balaban J connectivity index is 2.01. The molecule has 0 heterocycles. The van der Waals surface area contributed by atoms with Crippen LogP contribution in [0.1, 0.15) is 50.4 Å². The highest BCUT2D eigenvalue weighted by atomic mass is 28.3. The summed E-state index contributed by atoms with van der Waals surface area (Å²) in [5.41, 5.74) is 4.44. The summed E-state index contributed by atoms with van der Waals surface area (Å²) in [6, 6.07) is 7.48. The Morgan fingerprint density at radius 2 is 1.81 bits per heavy atom. The minimum atomic E-state index is -1.87. The molecule has 4 heteroatoms. The van der Waals surface area contributed by atoms with Crippen molar-refractivity contribution in [2.45, 2.75) is 46.6 Å². The van der Waals surface area contributed by atoms with E-state index in [0.717, 1.165) is 24.1 Å². The highest BCUT2D eigenvalue weighted by molar-refractivity contribution is 6.98. The zero-order valence-electron chi connectivity index (χ0n) is 16.5. The number of benzene rings is 1. The largest absolute Gasteiger partial charge is 0.373 e. The molecule has 1 fully saturated rings. The van der Waals surface area contributed by atoms with Gasteiger partial charge in [-0.2, -0.15) is 4.89 Å². The van der Waals surface area contributed by atoms with E-state index in [4.69, 9.17) is 9.78 Å². The minimum Gasteiger partial charge on any atom is -0.292 e. The van der Waals surface area contributed by atoms with Crippen LogP contribution in [0, 0.1) is 23.9 Å². The van der Waals surface area contributed by atoms with Crippen LogP contribution in [0.2, 0.25) is 6.55 Å². The molecule has 2 atom stereocenters. The van der Waals surface area contributed by atoms with Crippen LogP contribution in [-0.4, -0.2) is 14.0 Å². The van der Waals surface area contributed by atoms with Gasteiger partial charge in [0.15, 0.2) is 6.10 Å². The van der Waals surface area contributed by atoms with Gasteiger partial charge in [-0.1, -0.05) is 62.5 Å². The van der Waals surface area contributed by atoms with Gasteiger partial charge in [-0.05, 0) is 42.7 Å². The van der Waals surface area contributed by atoms with E-state index < -0.39 is 14.0 Å². The van der Waals surface area contributed by atoms with Gasteiger partial charge >= 0.3 is 5.97 Å². The van der Waals surface area contributed by atoms with Crippen molar-refractivity contribution < 1.29 is 14.6 Å². The lowest BCUT2D eigenvalue weighted by Crippen LogP contribution is -2.40. The molecule has 1 radical (unpaired) electrons. The predicted molar refractivity (Wildman–Crippen MR) is 109 cm³/mol. The third-order valence-corrected chi connectivity index (χ3v) is 8.83. The van der Waals surface area contributed by atoms with Crippen LogP contribution < -0.4 is 5.19 Å². The van der Waals surface area contributed by atoms with Crippen LogP contribution in [0.4, 0.5) is 0 Å². The Morgan fingerprint density at radius 3 is 2.35 bits per heavy atom. The standard InChI is InChI=1S/C22H31O3Si/c1-7-26(6,8-2)19-12-10-18(11-13-19)22(23)25-24-21-15-17(5)9-14-20(21)16(3)4/h7-8,10-13,16-17,20H,1-2,9,14-15H2,3-6H3. The van der Waals surface area contributed by atoms with E-state index in [1.165, 1.54) is 6.42 Å². The SMILES string of the molecule is C=C[Si](C)(C=C)c1ccc(C(=O)OO[C]2CC(C)CCC2C(C)C)cc1. The van der Waals surface area contributed by atoms with Crippen LogP contribution in [0.5, 0.6) is 0 Å². The maximum Gasteiger partial charge on any atom is 0.373 e. The van der Waals surface area contributed by atoms with Crippen molar-refractivity contribution in [3.05, 3.63) is 60.5 Å². The molecular weight excluding hydrogens is 340 g/mol. The van der Waals surface area contributed by atoms with Gasteiger partial charge in [0.05, 0.1) is 5.56 Å². The summed E-state index contributed by atoms with van der Waals surface area (Å²) in [4.78, 5) is 23.1. The van der Waals surface area contributed by atoms with Crippen molar-refractivity contribution in [2.24, 2.45) is 17.8 Å². The molecule has 0 saturated heterocycles. The molecule has 2 rings (SSSR count). The molecule has 0 amide bonds. The van der Waals surface area contributed by atoms with Crippen LogP contribution in [0.15, 0.2) is 48.8 Å². The second kappa shape index (κ2) is 8.83. The monoisotopic (exact) mass is 371 g/mol. The van der Waals surface area contributed by atoms with Crippen LogP contribution >= 0.6 is 0 Å². The molecule has 0 N–H and O–H groups in total. The van der Waals surface area contributed by atoms with Crippen LogP contribution in [-0.2, 0) is 9.78 Å². The van der Waals surface area contributed by atoms with E-state index in [2.05, 4.69) is 40.5 Å². The van der Waals surface area contributed by atoms with Gasteiger partial charge in [0, 0.05) is 0 Å². The molecule has 1 saturated carbocycles. The van der Waals surface area contributed by atoms with Gasteiger partial charge in [-0.15, -0.1) is 13.2 Å². The molecule has 26 heavy (non-hydrogen) atoms. The molecule has 1 aliphatic carbocycles. The lowest BCUT2D eigenvalue weighted by atomic mass is 9.75. The molecule has 2 unspecified atom stereocenters. The summed E-state index contributed by atoms with van der Waals surface area (Å²) in [5.74, 6) is 0.952. The second-order valence-electron chi connectivity index (χ2n) is 7.93. The molecule has 141 valence electrons. The minimum absolute atomic E-state index is 0.355. The Bertz CT molecular complexity index is 627. The van der Waals surface area contributed by atoms with E-state index in [9.17, 15) is 4.79 Å². The molecule has 0 aromatic heterocycles. The number of rotatable bonds is 7.